The van der Waals surface area contributed by atoms with Gasteiger partial charge in [-0.2, -0.15) is 0 Å². The van der Waals surface area contributed by atoms with Crippen LogP contribution in [0.1, 0.15) is 30.1 Å². The summed E-state index contributed by atoms with van der Waals surface area (Å²) in [5.74, 6) is 0.569. The molecule has 1 aromatic heterocycles. The number of thiophene rings is 1. The zero-order chi connectivity index (χ0) is 13.3. The minimum absolute atomic E-state index is 0. The van der Waals surface area contributed by atoms with Crippen LogP contribution in [0.2, 0.25) is 0 Å². The first-order valence-electron chi connectivity index (χ1n) is 6.00. The number of likely N-dealkylation sites (tertiary alicyclic amines) is 1. The van der Waals surface area contributed by atoms with Crippen molar-refractivity contribution in [1.82, 2.24) is 4.90 Å². The van der Waals surface area contributed by atoms with E-state index in [0.29, 0.717) is 12.5 Å². The molecule has 1 amide bonds. The van der Waals surface area contributed by atoms with Crippen LogP contribution in [0.25, 0.3) is 0 Å². The van der Waals surface area contributed by atoms with Crippen molar-refractivity contribution in [2.75, 3.05) is 13.1 Å². The first-order valence-corrected chi connectivity index (χ1v) is 8.40. The molecule has 2 N–H and O–H groups in total. The summed E-state index contributed by atoms with van der Waals surface area (Å²) >= 11 is 8.39. The van der Waals surface area contributed by atoms with Crippen molar-refractivity contribution in [1.29, 1.82) is 0 Å². The third-order valence-electron chi connectivity index (χ3n) is 3.51. The Hall–Kier alpha value is 0.380. The molecule has 0 aliphatic carbocycles. The maximum atomic E-state index is 12.6. The lowest BCUT2D eigenvalue weighted by Crippen LogP contribution is -2.51. The fourth-order valence-corrected chi connectivity index (χ4v) is 5.28. The summed E-state index contributed by atoms with van der Waals surface area (Å²) in [5, 5.41) is 0. The molecule has 2 atom stereocenters. The average Bonchev–Trinajstić information content (AvgIpc) is 2.67. The molecule has 1 aliphatic heterocycles. The van der Waals surface area contributed by atoms with E-state index >= 15 is 0 Å². The molecule has 2 heterocycles. The Labute approximate surface area is 140 Å². The van der Waals surface area contributed by atoms with E-state index in [-0.39, 0.29) is 24.4 Å². The van der Waals surface area contributed by atoms with Crippen LogP contribution in [0, 0.1) is 5.92 Å². The molecule has 1 fully saturated rings. The third kappa shape index (κ3) is 3.73. The Morgan fingerprint density at radius 2 is 2.26 bits per heavy atom. The zero-order valence-corrected chi connectivity index (χ0v) is 15.4. The molecule has 3 nitrogen and oxygen atoms in total. The van der Waals surface area contributed by atoms with Crippen molar-refractivity contribution < 1.29 is 4.79 Å². The fraction of sp³-hybridized carbons (Fsp3) is 0.583. The molecule has 0 aromatic carbocycles. The van der Waals surface area contributed by atoms with Crippen LogP contribution >= 0.6 is 55.6 Å². The Kier molecular flexibility index (Phi) is 6.79. The maximum Gasteiger partial charge on any atom is 0.256 e. The smallest absolute Gasteiger partial charge is 0.256 e. The van der Waals surface area contributed by atoms with Gasteiger partial charge in [0.25, 0.3) is 5.91 Å². The molecular formula is C12H17Br2ClN2OS. The van der Waals surface area contributed by atoms with Gasteiger partial charge in [-0.25, -0.2) is 0 Å². The fourth-order valence-electron chi connectivity index (χ4n) is 2.50. The molecule has 2 unspecified atom stereocenters. The van der Waals surface area contributed by atoms with Crippen LogP contribution in [0.3, 0.4) is 0 Å². The van der Waals surface area contributed by atoms with Gasteiger partial charge in [-0.3, -0.25) is 4.79 Å². The number of halogens is 3. The Balaban J connectivity index is 0.00000180. The molecule has 2 rings (SSSR count). The number of carbonyl (C=O) groups excluding carboxylic acids is 1. The van der Waals surface area contributed by atoms with Crippen LogP contribution in [-0.4, -0.2) is 29.9 Å². The van der Waals surface area contributed by atoms with E-state index < -0.39 is 0 Å². The Morgan fingerprint density at radius 3 is 2.79 bits per heavy atom. The van der Waals surface area contributed by atoms with Crippen LogP contribution in [-0.2, 0) is 0 Å². The molecule has 0 saturated carbocycles. The number of hydrogen-bond donors (Lipinski definition) is 1. The van der Waals surface area contributed by atoms with Crippen molar-refractivity contribution in [2.24, 2.45) is 11.7 Å². The van der Waals surface area contributed by atoms with Gasteiger partial charge in [-0.1, -0.05) is 6.92 Å². The highest BCUT2D eigenvalue weighted by molar-refractivity contribution is 9.12. The van der Waals surface area contributed by atoms with Crippen LogP contribution in [0.5, 0.6) is 0 Å². The molecule has 0 spiro atoms. The van der Waals surface area contributed by atoms with Crippen molar-refractivity contribution >= 4 is 61.5 Å². The number of rotatable bonds is 2. The normalized spacial score (nSPS) is 23.1. The second kappa shape index (κ2) is 7.41. The van der Waals surface area contributed by atoms with E-state index in [1.165, 1.54) is 11.3 Å². The quantitative estimate of drug-likeness (QED) is 0.771. The number of nitrogens with two attached hydrogens (primary N) is 1. The number of amides is 1. The van der Waals surface area contributed by atoms with Gasteiger partial charge in [0.15, 0.2) is 0 Å². The molecule has 0 bridgehead atoms. The van der Waals surface area contributed by atoms with Gasteiger partial charge in [0, 0.05) is 19.1 Å². The van der Waals surface area contributed by atoms with Gasteiger partial charge in [-0.05, 0) is 56.7 Å². The Morgan fingerprint density at radius 1 is 1.58 bits per heavy atom. The summed E-state index contributed by atoms with van der Waals surface area (Å²) in [6.07, 6.45) is 2.21. The minimum Gasteiger partial charge on any atom is -0.334 e. The summed E-state index contributed by atoms with van der Waals surface area (Å²) in [7, 11) is 0. The highest BCUT2D eigenvalue weighted by atomic mass is 79.9. The van der Waals surface area contributed by atoms with E-state index in [0.717, 1.165) is 32.5 Å². The summed E-state index contributed by atoms with van der Waals surface area (Å²) in [5.41, 5.74) is 6.57. The van der Waals surface area contributed by atoms with Gasteiger partial charge < -0.3 is 10.6 Å². The third-order valence-corrected chi connectivity index (χ3v) is 5.84. The number of hydrogen-bond acceptors (Lipinski definition) is 3. The first-order chi connectivity index (χ1) is 8.54. The molecule has 1 aromatic rings. The standard InChI is InChI=1S/C12H16Br2N2OS.ClH/c1-7-3-2-4-16(9(7)6-15)12(17)8-5-10(13)18-11(8)14;/h5,7,9H,2-4,6,15H2,1H3;1H. The molecule has 7 heteroatoms. The second-order valence-electron chi connectivity index (χ2n) is 4.66. The Bertz CT molecular complexity index is 455. The predicted octanol–water partition coefficient (Wildman–Crippen LogP) is 3.89. The van der Waals surface area contributed by atoms with Crippen molar-refractivity contribution in [2.45, 2.75) is 25.8 Å². The molecule has 19 heavy (non-hydrogen) atoms. The summed E-state index contributed by atoms with van der Waals surface area (Å²) in [4.78, 5) is 14.5. The molecular weight excluding hydrogens is 415 g/mol. The van der Waals surface area contributed by atoms with Gasteiger partial charge in [0.05, 0.1) is 13.1 Å². The molecule has 108 valence electrons. The van der Waals surface area contributed by atoms with E-state index in [1.54, 1.807) is 0 Å². The van der Waals surface area contributed by atoms with Crippen molar-refractivity contribution in [3.63, 3.8) is 0 Å². The number of carbonyl (C=O) groups is 1. The monoisotopic (exact) mass is 430 g/mol. The summed E-state index contributed by atoms with van der Waals surface area (Å²) in [6, 6.07) is 2.04. The van der Waals surface area contributed by atoms with Gasteiger partial charge in [-0.15, -0.1) is 23.7 Å². The van der Waals surface area contributed by atoms with Gasteiger partial charge in [0.2, 0.25) is 0 Å². The van der Waals surface area contributed by atoms with Gasteiger partial charge in [0.1, 0.15) is 0 Å². The molecule has 0 radical (unpaired) electrons. The minimum atomic E-state index is 0. The van der Waals surface area contributed by atoms with Crippen LogP contribution < -0.4 is 5.73 Å². The maximum absolute atomic E-state index is 12.6. The number of nitrogens with zero attached hydrogens (tertiary/aromatic N) is 1. The van der Waals surface area contributed by atoms with E-state index in [4.69, 9.17) is 5.73 Å². The van der Waals surface area contributed by atoms with E-state index in [2.05, 4.69) is 38.8 Å². The van der Waals surface area contributed by atoms with E-state index in [9.17, 15) is 4.79 Å². The second-order valence-corrected chi connectivity index (χ2v) is 8.41. The van der Waals surface area contributed by atoms with Crippen LogP contribution in [0.15, 0.2) is 13.6 Å². The lowest BCUT2D eigenvalue weighted by molar-refractivity contribution is 0.0532. The highest BCUT2D eigenvalue weighted by Crippen LogP contribution is 2.34. The summed E-state index contributed by atoms with van der Waals surface area (Å²) in [6.45, 7) is 3.52. The largest absolute Gasteiger partial charge is 0.334 e. The predicted molar refractivity (Wildman–Crippen MR) is 89.2 cm³/mol. The highest BCUT2D eigenvalue weighted by Gasteiger charge is 2.32. The zero-order valence-electron chi connectivity index (χ0n) is 10.6. The summed E-state index contributed by atoms with van der Waals surface area (Å²) < 4.78 is 1.85. The lowest BCUT2D eigenvalue weighted by atomic mass is 9.90. The van der Waals surface area contributed by atoms with Crippen LogP contribution in [0.4, 0.5) is 0 Å². The molecule has 1 saturated heterocycles. The van der Waals surface area contributed by atoms with Gasteiger partial charge >= 0.3 is 0 Å². The lowest BCUT2D eigenvalue weighted by Gasteiger charge is -2.39. The van der Waals surface area contributed by atoms with Crippen molar-refractivity contribution in [3.8, 4) is 0 Å². The topological polar surface area (TPSA) is 46.3 Å². The average molecular weight is 433 g/mol. The first kappa shape index (κ1) is 17.4. The number of piperidine rings is 1. The van der Waals surface area contributed by atoms with Crippen molar-refractivity contribution in [3.05, 3.63) is 19.2 Å². The van der Waals surface area contributed by atoms with E-state index in [1.807, 2.05) is 11.0 Å². The molecule has 1 aliphatic rings. The SMILES string of the molecule is CC1CCCN(C(=O)c2cc(Br)sc2Br)C1CN.Cl.